The molecule has 0 aromatic heterocycles. The summed E-state index contributed by atoms with van der Waals surface area (Å²) in [6, 6.07) is 7.02. The maximum absolute atomic E-state index is 12.5. The standard InChI is InChI=1S/C18H25ClN4O2/c19-16-3-1-15(2-4-16)18(25)23-13-11-21(12-14-23)8-5-17(24)22-9-6-20-7-10-22/h1-4,20H,5-14H2. The Bertz CT molecular complexity index is 594. The predicted octanol–water partition coefficient (Wildman–Crippen LogP) is 0.920. The molecule has 0 radical (unpaired) electrons. The van der Waals surface area contributed by atoms with Crippen molar-refractivity contribution in [1.29, 1.82) is 0 Å². The Labute approximate surface area is 153 Å². The van der Waals surface area contributed by atoms with E-state index in [4.69, 9.17) is 11.6 Å². The Kier molecular flexibility index (Phi) is 6.29. The van der Waals surface area contributed by atoms with Crippen molar-refractivity contribution in [1.82, 2.24) is 20.0 Å². The lowest BCUT2D eigenvalue weighted by molar-refractivity contribution is -0.132. The number of hydrogen-bond donors (Lipinski definition) is 1. The summed E-state index contributed by atoms with van der Waals surface area (Å²) in [6.45, 7) is 7.18. The Hall–Kier alpha value is -1.63. The molecule has 2 amide bonds. The highest BCUT2D eigenvalue weighted by Crippen LogP contribution is 2.13. The van der Waals surface area contributed by atoms with Crippen LogP contribution in [0, 0.1) is 0 Å². The maximum Gasteiger partial charge on any atom is 0.253 e. The summed E-state index contributed by atoms with van der Waals surface area (Å²) in [5.41, 5.74) is 0.673. The van der Waals surface area contributed by atoms with Gasteiger partial charge >= 0.3 is 0 Å². The third-order valence-electron chi connectivity index (χ3n) is 4.86. The van der Waals surface area contributed by atoms with Gasteiger partial charge in [0, 0.05) is 75.9 Å². The van der Waals surface area contributed by atoms with Gasteiger partial charge in [-0.05, 0) is 24.3 Å². The number of amides is 2. The number of hydrogen-bond acceptors (Lipinski definition) is 4. The minimum atomic E-state index is 0.0493. The Morgan fingerprint density at radius 1 is 0.920 bits per heavy atom. The fourth-order valence-corrected chi connectivity index (χ4v) is 3.40. The molecule has 0 saturated carbocycles. The lowest BCUT2D eigenvalue weighted by atomic mass is 10.2. The van der Waals surface area contributed by atoms with Crippen molar-refractivity contribution >= 4 is 23.4 Å². The van der Waals surface area contributed by atoms with Crippen LogP contribution in [0.1, 0.15) is 16.8 Å². The first-order chi connectivity index (χ1) is 12.1. The van der Waals surface area contributed by atoms with Gasteiger partial charge in [-0.15, -0.1) is 0 Å². The zero-order chi connectivity index (χ0) is 17.6. The van der Waals surface area contributed by atoms with Crippen molar-refractivity contribution in [3.8, 4) is 0 Å². The molecule has 6 nitrogen and oxygen atoms in total. The molecule has 7 heteroatoms. The Morgan fingerprint density at radius 3 is 2.20 bits per heavy atom. The van der Waals surface area contributed by atoms with Crippen molar-refractivity contribution in [2.75, 3.05) is 58.9 Å². The molecule has 0 aliphatic carbocycles. The minimum absolute atomic E-state index is 0.0493. The molecule has 1 aromatic carbocycles. The van der Waals surface area contributed by atoms with Gasteiger partial charge in [0.05, 0.1) is 0 Å². The van der Waals surface area contributed by atoms with E-state index < -0.39 is 0 Å². The predicted molar refractivity (Wildman–Crippen MR) is 97.9 cm³/mol. The highest BCUT2D eigenvalue weighted by molar-refractivity contribution is 6.30. The van der Waals surface area contributed by atoms with E-state index in [1.54, 1.807) is 24.3 Å². The summed E-state index contributed by atoms with van der Waals surface area (Å²) >= 11 is 5.87. The van der Waals surface area contributed by atoms with Crippen molar-refractivity contribution in [2.45, 2.75) is 6.42 Å². The fraction of sp³-hybridized carbons (Fsp3) is 0.556. The molecule has 2 aliphatic rings. The quantitative estimate of drug-likeness (QED) is 0.863. The summed E-state index contributed by atoms with van der Waals surface area (Å²) in [7, 11) is 0. The molecule has 2 saturated heterocycles. The van der Waals surface area contributed by atoms with Gasteiger partial charge in [0.2, 0.25) is 5.91 Å². The molecular weight excluding hydrogens is 340 g/mol. The third kappa shape index (κ3) is 4.93. The van der Waals surface area contributed by atoms with E-state index in [0.717, 1.165) is 45.8 Å². The van der Waals surface area contributed by atoms with Crippen LogP contribution in [0.4, 0.5) is 0 Å². The molecule has 2 fully saturated rings. The number of carbonyl (C=O) groups is 2. The van der Waals surface area contributed by atoms with Crippen LogP contribution in [0.15, 0.2) is 24.3 Å². The first-order valence-electron chi connectivity index (χ1n) is 8.89. The number of rotatable bonds is 4. The Morgan fingerprint density at radius 2 is 1.56 bits per heavy atom. The van der Waals surface area contributed by atoms with E-state index >= 15 is 0 Å². The Balaban J connectivity index is 1.41. The van der Waals surface area contributed by atoms with E-state index in [0.29, 0.717) is 30.1 Å². The number of piperazine rings is 2. The van der Waals surface area contributed by atoms with Crippen molar-refractivity contribution in [3.63, 3.8) is 0 Å². The van der Waals surface area contributed by atoms with Gasteiger partial charge in [0.25, 0.3) is 5.91 Å². The van der Waals surface area contributed by atoms with Gasteiger partial charge in [-0.1, -0.05) is 11.6 Å². The zero-order valence-corrected chi connectivity index (χ0v) is 15.2. The average molecular weight is 365 g/mol. The second-order valence-corrected chi connectivity index (χ2v) is 6.96. The molecule has 1 N–H and O–H groups in total. The minimum Gasteiger partial charge on any atom is -0.340 e. The van der Waals surface area contributed by atoms with Crippen LogP contribution in [0.2, 0.25) is 5.02 Å². The zero-order valence-electron chi connectivity index (χ0n) is 14.4. The summed E-state index contributed by atoms with van der Waals surface area (Å²) < 4.78 is 0. The van der Waals surface area contributed by atoms with Crippen LogP contribution in [0.25, 0.3) is 0 Å². The average Bonchev–Trinajstić information content (AvgIpc) is 2.67. The molecule has 25 heavy (non-hydrogen) atoms. The molecular formula is C18H25ClN4O2. The van der Waals surface area contributed by atoms with Crippen molar-refractivity contribution in [2.24, 2.45) is 0 Å². The van der Waals surface area contributed by atoms with Crippen LogP contribution in [-0.2, 0) is 4.79 Å². The van der Waals surface area contributed by atoms with Crippen molar-refractivity contribution in [3.05, 3.63) is 34.9 Å². The number of halogens is 1. The monoisotopic (exact) mass is 364 g/mol. The summed E-state index contributed by atoms with van der Waals surface area (Å²) in [5, 5.41) is 3.89. The third-order valence-corrected chi connectivity index (χ3v) is 5.11. The lowest BCUT2D eigenvalue weighted by Crippen LogP contribution is -2.50. The van der Waals surface area contributed by atoms with Crippen LogP contribution in [-0.4, -0.2) is 85.4 Å². The van der Waals surface area contributed by atoms with Crippen LogP contribution in [0.5, 0.6) is 0 Å². The molecule has 0 bridgehead atoms. The van der Waals surface area contributed by atoms with Crippen LogP contribution < -0.4 is 5.32 Å². The highest BCUT2D eigenvalue weighted by Gasteiger charge is 2.23. The van der Waals surface area contributed by atoms with E-state index in [1.807, 2.05) is 9.80 Å². The van der Waals surface area contributed by atoms with E-state index in [9.17, 15) is 9.59 Å². The number of nitrogens with zero attached hydrogens (tertiary/aromatic N) is 3. The van der Waals surface area contributed by atoms with Crippen LogP contribution in [0.3, 0.4) is 0 Å². The summed E-state index contributed by atoms with van der Waals surface area (Å²) in [5.74, 6) is 0.286. The highest BCUT2D eigenvalue weighted by atomic mass is 35.5. The summed E-state index contributed by atoms with van der Waals surface area (Å²) in [4.78, 5) is 30.8. The van der Waals surface area contributed by atoms with E-state index in [1.165, 1.54) is 0 Å². The smallest absolute Gasteiger partial charge is 0.253 e. The molecule has 0 spiro atoms. The first kappa shape index (κ1) is 18.2. The fourth-order valence-electron chi connectivity index (χ4n) is 3.28. The lowest BCUT2D eigenvalue weighted by Gasteiger charge is -2.35. The number of benzene rings is 1. The second kappa shape index (κ2) is 8.65. The van der Waals surface area contributed by atoms with Gasteiger partial charge < -0.3 is 15.1 Å². The molecule has 136 valence electrons. The first-order valence-corrected chi connectivity index (χ1v) is 9.27. The van der Waals surface area contributed by atoms with Crippen molar-refractivity contribution < 1.29 is 9.59 Å². The number of carbonyl (C=O) groups excluding carboxylic acids is 2. The van der Waals surface area contributed by atoms with Crippen LogP contribution >= 0.6 is 11.6 Å². The van der Waals surface area contributed by atoms with Gasteiger partial charge in [0.15, 0.2) is 0 Å². The summed E-state index contributed by atoms with van der Waals surface area (Å²) in [6.07, 6.45) is 0.561. The molecule has 2 aliphatic heterocycles. The largest absolute Gasteiger partial charge is 0.340 e. The normalized spacial score (nSPS) is 19.1. The van der Waals surface area contributed by atoms with Gasteiger partial charge in [-0.2, -0.15) is 0 Å². The SMILES string of the molecule is O=C(CCN1CCN(C(=O)c2ccc(Cl)cc2)CC1)N1CCNCC1. The second-order valence-electron chi connectivity index (χ2n) is 6.52. The topological polar surface area (TPSA) is 55.9 Å². The molecule has 1 aromatic rings. The maximum atomic E-state index is 12.5. The van der Waals surface area contributed by atoms with Gasteiger partial charge in [0.1, 0.15) is 0 Å². The van der Waals surface area contributed by atoms with E-state index in [2.05, 4.69) is 10.2 Å². The molecule has 2 heterocycles. The molecule has 0 atom stereocenters. The molecule has 3 rings (SSSR count). The van der Waals surface area contributed by atoms with Gasteiger partial charge in [-0.3, -0.25) is 14.5 Å². The van der Waals surface area contributed by atoms with E-state index in [-0.39, 0.29) is 11.8 Å². The van der Waals surface area contributed by atoms with Gasteiger partial charge in [-0.25, -0.2) is 0 Å². The molecule has 0 unspecified atom stereocenters. The number of nitrogens with one attached hydrogen (secondary N) is 1.